The Bertz CT molecular complexity index is 999. The highest BCUT2D eigenvalue weighted by Crippen LogP contribution is 2.26. The van der Waals surface area contributed by atoms with Gasteiger partial charge in [0, 0.05) is 38.0 Å². The molecule has 146 valence electrons. The van der Waals surface area contributed by atoms with Crippen LogP contribution in [0.3, 0.4) is 0 Å². The number of carbonyl (C=O) groups excluding carboxylic acids is 1. The predicted octanol–water partition coefficient (Wildman–Crippen LogP) is 2.42. The SMILES string of the molecule is C=CC(=O)N1CCC(Oc2cnc3[nH]cc(-c4n[nH]c(C(C)C)n4)c3n2)CC1. The number of aromatic nitrogens is 6. The summed E-state index contributed by atoms with van der Waals surface area (Å²) < 4.78 is 6.03. The first kappa shape index (κ1) is 18.1. The average molecular weight is 381 g/mol. The summed E-state index contributed by atoms with van der Waals surface area (Å²) in [6.45, 7) is 8.94. The quantitative estimate of drug-likeness (QED) is 0.656. The zero-order valence-corrected chi connectivity index (χ0v) is 16.0. The highest BCUT2D eigenvalue weighted by Gasteiger charge is 2.23. The molecule has 1 fully saturated rings. The Labute approximate surface area is 162 Å². The highest BCUT2D eigenvalue weighted by molar-refractivity contribution is 5.88. The average Bonchev–Trinajstić information content (AvgIpc) is 3.34. The van der Waals surface area contributed by atoms with Crippen molar-refractivity contribution in [3.05, 3.63) is 30.9 Å². The zero-order valence-electron chi connectivity index (χ0n) is 16.0. The molecule has 0 aromatic carbocycles. The molecule has 1 aliphatic heterocycles. The van der Waals surface area contributed by atoms with Gasteiger partial charge in [-0.05, 0) is 6.08 Å². The van der Waals surface area contributed by atoms with Crippen molar-refractivity contribution >= 4 is 17.1 Å². The number of likely N-dealkylation sites (tertiary alicyclic amines) is 1. The number of carbonyl (C=O) groups is 1. The van der Waals surface area contributed by atoms with Crippen molar-refractivity contribution in [2.24, 2.45) is 0 Å². The van der Waals surface area contributed by atoms with Crippen molar-refractivity contribution in [1.82, 2.24) is 35.0 Å². The number of piperidine rings is 1. The van der Waals surface area contributed by atoms with Gasteiger partial charge in [0.25, 0.3) is 0 Å². The Morgan fingerprint density at radius 3 is 2.82 bits per heavy atom. The van der Waals surface area contributed by atoms with Crippen LogP contribution in [0, 0.1) is 0 Å². The molecule has 0 spiro atoms. The lowest BCUT2D eigenvalue weighted by Gasteiger charge is -2.31. The second kappa shape index (κ2) is 7.41. The monoisotopic (exact) mass is 381 g/mol. The van der Waals surface area contributed by atoms with Crippen LogP contribution < -0.4 is 4.74 Å². The van der Waals surface area contributed by atoms with E-state index in [-0.39, 0.29) is 17.9 Å². The van der Waals surface area contributed by atoms with E-state index in [4.69, 9.17) is 4.74 Å². The standard InChI is InChI=1S/C19H23N7O2/c1-4-15(27)26-7-5-12(6-8-26)28-14-10-21-19-16(22-14)13(9-20-19)18-23-17(11(2)3)24-25-18/h4,9-12H,1,5-8H2,2-3H3,(H,20,21)(H,23,24,25). The van der Waals surface area contributed by atoms with E-state index in [0.29, 0.717) is 36.0 Å². The van der Waals surface area contributed by atoms with Gasteiger partial charge in [0.15, 0.2) is 11.5 Å². The fourth-order valence-corrected chi connectivity index (χ4v) is 3.25. The third kappa shape index (κ3) is 3.47. The lowest BCUT2D eigenvalue weighted by Crippen LogP contribution is -2.41. The lowest BCUT2D eigenvalue weighted by atomic mass is 10.1. The molecule has 0 atom stereocenters. The smallest absolute Gasteiger partial charge is 0.245 e. The van der Waals surface area contributed by atoms with Crippen LogP contribution in [0.4, 0.5) is 0 Å². The Morgan fingerprint density at radius 2 is 2.14 bits per heavy atom. The molecule has 0 saturated carbocycles. The molecule has 0 bridgehead atoms. The van der Waals surface area contributed by atoms with Gasteiger partial charge in [0.2, 0.25) is 11.8 Å². The van der Waals surface area contributed by atoms with Crippen LogP contribution in [0.25, 0.3) is 22.6 Å². The number of hydrogen-bond acceptors (Lipinski definition) is 6. The van der Waals surface area contributed by atoms with Crippen LogP contribution in [-0.2, 0) is 4.79 Å². The molecule has 1 saturated heterocycles. The van der Waals surface area contributed by atoms with E-state index in [0.717, 1.165) is 24.2 Å². The lowest BCUT2D eigenvalue weighted by molar-refractivity contribution is -0.127. The Kier molecular flexibility index (Phi) is 4.81. The molecule has 0 aliphatic carbocycles. The molecule has 1 aliphatic rings. The highest BCUT2D eigenvalue weighted by atomic mass is 16.5. The molecule has 4 heterocycles. The van der Waals surface area contributed by atoms with Gasteiger partial charge in [-0.3, -0.25) is 9.89 Å². The molecule has 9 heteroatoms. The van der Waals surface area contributed by atoms with E-state index < -0.39 is 0 Å². The normalized spacial score (nSPS) is 15.3. The summed E-state index contributed by atoms with van der Waals surface area (Å²) in [6.07, 6.45) is 6.26. The number of fused-ring (bicyclic) bond motifs is 1. The minimum Gasteiger partial charge on any atom is -0.473 e. The summed E-state index contributed by atoms with van der Waals surface area (Å²) in [5.41, 5.74) is 2.11. The maximum atomic E-state index is 11.7. The molecule has 9 nitrogen and oxygen atoms in total. The number of amides is 1. The maximum absolute atomic E-state index is 11.7. The summed E-state index contributed by atoms with van der Waals surface area (Å²) in [7, 11) is 0. The Hall–Kier alpha value is -3.23. The summed E-state index contributed by atoms with van der Waals surface area (Å²) in [5, 5.41) is 7.26. The van der Waals surface area contributed by atoms with Gasteiger partial charge in [-0.1, -0.05) is 20.4 Å². The molecule has 0 unspecified atom stereocenters. The number of aromatic amines is 2. The van der Waals surface area contributed by atoms with E-state index in [2.05, 4.69) is 50.6 Å². The van der Waals surface area contributed by atoms with Crippen LogP contribution in [0.1, 0.15) is 38.4 Å². The Morgan fingerprint density at radius 1 is 1.36 bits per heavy atom. The van der Waals surface area contributed by atoms with Crippen LogP contribution in [0.5, 0.6) is 5.88 Å². The third-order valence-corrected chi connectivity index (χ3v) is 4.86. The van der Waals surface area contributed by atoms with Crippen LogP contribution in [0.15, 0.2) is 25.0 Å². The van der Waals surface area contributed by atoms with Crippen LogP contribution in [-0.4, -0.2) is 60.1 Å². The molecule has 3 aromatic heterocycles. The minimum absolute atomic E-state index is 0.000871. The van der Waals surface area contributed by atoms with Crippen molar-refractivity contribution in [2.45, 2.75) is 38.7 Å². The number of H-pyrrole nitrogens is 2. The van der Waals surface area contributed by atoms with Gasteiger partial charge in [-0.15, -0.1) is 0 Å². The number of nitrogens with one attached hydrogen (secondary N) is 2. The Balaban J connectivity index is 1.51. The van der Waals surface area contributed by atoms with Gasteiger partial charge in [0.05, 0.1) is 11.8 Å². The van der Waals surface area contributed by atoms with E-state index in [1.807, 2.05) is 0 Å². The zero-order chi connectivity index (χ0) is 19.7. The van der Waals surface area contributed by atoms with Gasteiger partial charge < -0.3 is 14.6 Å². The van der Waals surface area contributed by atoms with E-state index >= 15 is 0 Å². The van der Waals surface area contributed by atoms with Crippen LogP contribution in [0.2, 0.25) is 0 Å². The number of rotatable bonds is 5. The molecule has 2 N–H and O–H groups in total. The van der Waals surface area contributed by atoms with Crippen LogP contribution >= 0.6 is 0 Å². The fourth-order valence-electron chi connectivity index (χ4n) is 3.25. The largest absolute Gasteiger partial charge is 0.473 e. The molecular weight excluding hydrogens is 358 g/mol. The second-order valence-corrected chi connectivity index (χ2v) is 7.15. The van der Waals surface area contributed by atoms with E-state index in [1.165, 1.54) is 6.08 Å². The van der Waals surface area contributed by atoms with Crippen molar-refractivity contribution in [3.63, 3.8) is 0 Å². The van der Waals surface area contributed by atoms with Crippen molar-refractivity contribution < 1.29 is 9.53 Å². The molecular formula is C19H23N7O2. The molecule has 0 radical (unpaired) electrons. The van der Waals surface area contributed by atoms with Crippen molar-refractivity contribution in [1.29, 1.82) is 0 Å². The summed E-state index contributed by atoms with van der Waals surface area (Å²) in [4.78, 5) is 30.1. The summed E-state index contributed by atoms with van der Waals surface area (Å²) in [6, 6.07) is 0. The third-order valence-electron chi connectivity index (χ3n) is 4.86. The summed E-state index contributed by atoms with van der Waals surface area (Å²) >= 11 is 0. The van der Waals surface area contributed by atoms with Crippen molar-refractivity contribution in [3.8, 4) is 17.3 Å². The molecule has 28 heavy (non-hydrogen) atoms. The van der Waals surface area contributed by atoms with Gasteiger partial charge >= 0.3 is 0 Å². The van der Waals surface area contributed by atoms with Gasteiger partial charge in [0.1, 0.15) is 17.4 Å². The predicted molar refractivity (Wildman–Crippen MR) is 104 cm³/mol. The fraction of sp³-hybridized carbons (Fsp3) is 0.421. The topological polar surface area (TPSA) is 113 Å². The first-order chi connectivity index (χ1) is 13.5. The van der Waals surface area contributed by atoms with Gasteiger partial charge in [-0.25, -0.2) is 15.0 Å². The first-order valence-electron chi connectivity index (χ1n) is 9.40. The van der Waals surface area contributed by atoms with E-state index in [9.17, 15) is 4.79 Å². The first-order valence-corrected chi connectivity index (χ1v) is 9.40. The molecule has 1 amide bonds. The number of nitrogens with zero attached hydrogens (tertiary/aromatic N) is 5. The van der Waals surface area contributed by atoms with Crippen molar-refractivity contribution in [2.75, 3.05) is 13.1 Å². The summed E-state index contributed by atoms with van der Waals surface area (Å²) in [5.74, 6) is 2.09. The minimum atomic E-state index is -0.0381. The number of hydrogen-bond donors (Lipinski definition) is 2. The van der Waals surface area contributed by atoms with E-state index in [1.54, 1.807) is 17.3 Å². The molecule has 4 rings (SSSR count). The number of ether oxygens (including phenoxy) is 1. The maximum Gasteiger partial charge on any atom is 0.245 e. The second-order valence-electron chi connectivity index (χ2n) is 7.15. The van der Waals surface area contributed by atoms with Gasteiger partial charge in [-0.2, -0.15) is 5.10 Å². The molecule has 3 aromatic rings.